The van der Waals surface area contributed by atoms with Gasteiger partial charge in [-0.1, -0.05) is 109 Å². The Morgan fingerprint density at radius 1 is 0.486 bits per heavy atom. The molecular weight excluding hydrogens is 429 g/mol. The largest absolute Gasteiger partial charge is 0.488 e. The lowest BCUT2D eigenvalue weighted by Crippen LogP contribution is -2.29. The fraction of sp³-hybridized carbons (Fsp3) is 0. The van der Waals surface area contributed by atoms with Gasteiger partial charge in [-0.25, -0.2) is 0 Å². The summed E-state index contributed by atoms with van der Waals surface area (Å²) in [6, 6.07) is 41.8. The van der Waals surface area contributed by atoms with E-state index in [0.717, 1.165) is 44.5 Å². The molecule has 3 nitrogen and oxygen atoms in total. The van der Waals surface area contributed by atoms with Gasteiger partial charge < -0.3 is 10.0 Å². The van der Waals surface area contributed by atoms with Gasteiger partial charge in [0.05, 0.1) is 11.6 Å². The van der Waals surface area contributed by atoms with Crippen molar-refractivity contribution in [2.45, 2.75) is 0 Å². The molecule has 0 spiro atoms. The Balaban J connectivity index is 1.74. The van der Waals surface area contributed by atoms with Crippen LogP contribution in [0.3, 0.4) is 0 Å². The molecule has 0 fully saturated rings. The van der Waals surface area contributed by atoms with Gasteiger partial charge in [0, 0.05) is 0 Å². The number of nitriles is 1. The maximum absolute atomic E-state index is 9.91. The third kappa shape index (κ3) is 4.51. The Bertz CT molecular complexity index is 1520. The highest BCUT2D eigenvalue weighted by Gasteiger charge is 2.18. The van der Waals surface area contributed by atoms with Crippen LogP contribution in [0, 0.1) is 11.3 Å². The molecule has 0 aliphatic heterocycles. The molecule has 5 rings (SSSR count). The van der Waals surface area contributed by atoms with Crippen LogP contribution in [0.2, 0.25) is 0 Å². The third-order valence-corrected chi connectivity index (χ3v) is 6.19. The van der Waals surface area contributed by atoms with Crippen molar-refractivity contribution in [2.24, 2.45) is 0 Å². The van der Waals surface area contributed by atoms with E-state index in [9.17, 15) is 15.3 Å². The zero-order valence-corrected chi connectivity index (χ0v) is 19.0. The molecule has 0 amide bonds. The summed E-state index contributed by atoms with van der Waals surface area (Å²) in [4.78, 5) is 0. The Kier molecular flexibility index (Phi) is 6.28. The van der Waals surface area contributed by atoms with Crippen LogP contribution < -0.4 is 5.46 Å². The Hall–Kier alpha value is -4.43. The molecule has 0 aliphatic rings. The summed E-state index contributed by atoms with van der Waals surface area (Å²) < 4.78 is 0. The van der Waals surface area contributed by atoms with Gasteiger partial charge in [0.1, 0.15) is 0 Å². The van der Waals surface area contributed by atoms with Crippen LogP contribution in [0.4, 0.5) is 0 Å². The quantitative estimate of drug-likeness (QED) is 0.327. The maximum Gasteiger partial charge on any atom is 0.488 e. The summed E-state index contributed by atoms with van der Waals surface area (Å²) in [5, 5.41) is 29.0. The van der Waals surface area contributed by atoms with E-state index in [4.69, 9.17) is 0 Å². The highest BCUT2D eigenvalue weighted by molar-refractivity contribution is 6.58. The van der Waals surface area contributed by atoms with Crippen molar-refractivity contribution in [1.29, 1.82) is 5.26 Å². The van der Waals surface area contributed by atoms with Crippen LogP contribution in [-0.2, 0) is 0 Å². The van der Waals surface area contributed by atoms with Gasteiger partial charge in [-0.15, -0.1) is 0 Å². The fourth-order valence-electron chi connectivity index (χ4n) is 4.46. The van der Waals surface area contributed by atoms with E-state index in [1.165, 1.54) is 0 Å². The topological polar surface area (TPSA) is 64.2 Å². The number of rotatable bonds is 5. The molecule has 0 radical (unpaired) electrons. The predicted octanol–water partition coefficient (Wildman–Crippen LogP) is 5.91. The average molecular weight is 451 g/mol. The second-order valence-electron chi connectivity index (χ2n) is 8.33. The van der Waals surface area contributed by atoms with E-state index in [1.807, 2.05) is 78.9 Å². The minimum absolute atomic E-state index is 0.440. The van der Waals surface area contributed by atoms with E-state index in [0.29, 0.717) is 11.0 Å². The minimum atomic E-state index is -1.56. The predicted molar refractivity (Wildman–Crippen MR) is 143 cm³/mol. The lowest BCUT2D eigenvalue weighted by Gasteiger charge is -2.18. The molecule has 166 valence electrons. The van der Waals surface area contributed by atoms with Crippen LogP contribution in [0.15, 0.2) is 121 Å². The van der Waals surface area contributed by atoms with Gasteiger partial charge in [-0.05, 0) is 62.1 Å². The standard InChI is InChI=1S/C31H22BNO2/c33-21-22-14-16-24(17-15-22)26-10-4-5-11-28(26)29-12-6-7-13-30(29)31-20-25(32(34)35)18-19-27(31)23-8-2-1-3-9-23/h1-20,34-35H. The van der Waals surface area contributed by atoms with Gasteiger partial charge in [0.2, 0.25) is 0 Å². The van der Waals surface area contributed by atoms with Gasteiger partial charge in [0.15, 0.2) is 0 Å². The lowest BCUT2D eigenvalue weighted by atomic mass is 9.76. The first-order valence-corrected chi connectivity index (χ1v) is 11.4. The zero-order chi connectivity index (χ0) is 24.2. The van der Waals surface area contributed by atoms with E-state index < -0.39 is 7.12 Å². The average Bonchev–Trinajstić information content (AvgIpc) is 2.93. The van der Waals surface area contributed by atoms with Crippen molar-refractivity contribution >= 4 is 12.6 Å². The van der Waals surface area contributed by atoms with E-state index in [-0.39, 0.29) is 0 Å². The molecule has 0 heterocycles. The minimum Gasteiger partial charge on any atom is -0.423 e. The molecule has 4 heteroatoms. The first-order valence-electron chi connectivity index (χ1n) is 11.4. The number of hydrogen-bond acceptors (Lipinski definition) is 3. The Morgan fingerprint density at radius 3 is 1.57 bits per heavy atom. The maximum atomic E-state index is 9.91. The first-order chi connectivity index (χ1) is 17.2. The molecule has 0 unspecified atom stereocenters. The van der Waals surface area contributed by atoms with Crippen LogP contribution in [0.5, 0.6) is 0 Å². The monoisotopic (exact) mass is 451 g/mol. The summed E-state index contributed by atoms with van der Waals surface area (Å²) in [6.07, 6.45) is 0. The smallest absolute Gasteiger partial charge is 0.423 e. The molecule has 0 saturated carbocycles. The third-order valence-electron chi connectivity index (χ3n) is 6.19. The van der Waals surface area contributed by atoms with Gasteiger partial charge in [-0.2, -0.15) is 5.26 Å². The summed E-state index contributed by atoms with van der Waals surface area (Å²) in [6.45, 7) is 0. The molecule has 0 atom stereocenters. The van der Waals surface area contributed by atoms with Crippen molar-refractivity contribution in [3.8, 4) is 50.6 Å². The van der Waals surface area contributed by atoms with Crippen LogP contribution in [0.1, 0.15) is 5.56 Å². The highest BCUT2D eigenvalue weighted by atomic mass is 16.4. The number of hydrogen-bond donors (Lipinski definition) is 2. The molecular formula is C31H22BNO2. The van der Waals surface area contributed by atoms with Gasteiger partial charge in [0.25, 0.3) is 0 Å². The molecule has 35 heavy (non-hydrogen) atoms. The molecule has 5 aromatic carbocycles. The first kappa shape index (κ1) is 22.4. The Morgan fingerprint density at radius 2 is 0.971 bits per heavy atom. The second-order valence-corrected chi connectivity index (χ2v) is 8.33. The van der Waals surface area contributed by atoms with Crippen LogP contribution in [-0.4, -0.2) is 17.2 Å². The normalized spacial score (nSPS) is 10.5. The highest BCUT2D eigenvalue weighted by Crippen LogP contribution is 2.41. The Labute approximate surface area is 205 Å². The fourth-order valence-corrected chi connectivity index (χ4v) is 4.46. The summed E-state index contributed by atoms with van der Waals surface area (Å²) in [5.74, 6) is 0. The lowest BCUT2D eigenvalue weighted by molar-refractivity contribution is 0.426. The number of benzene rings is 5. The van der Waals surface area contributed by atoms with Crippen molar-refractivity contribution in [3.63, 3.8) is 0 Å². The molecule has 0 aliphatic carbocycles. The van der Waals surface area contributed by atoms with Crippen molar-refractivity contribution in [1.82, 2.24) is 0 Å². The zero-order valence-electron chi connectivity index (χ0n) is 19.0. The van der Waals surface area contributed by atoms with Crippen LogP contribution >= 0.6 is 0 Å². The summed E-state index contributed by atoms with van der Waals surface area (Å²) >= 11 is 0. The van der Waals surface area contributed by atoms with Crippen molar-refractivity contribution in [3.05, 3.63) is 127 Å². The molecule has 0 aromatic heterocycles. The summed E-state index contributed by atoms with van der Waals surface area (Å²) in [5.41, 5.74) is 9.22. The van der Waals surface area contributed by atoms with E-state index >= 15 is 0 Å². The van der Waals surface area contributed by atoms with Crippen LogP contribution in [0.25, 0.3) is 44.5 Å². The SMILES string of the molecule is N#Cc1ccc(-c2ccccc2-c2ccccc2-c2cc(B(O)O)ccc2-c2ccccc2)cc1. The second kappa shape index (κ2) is 9.83. The van der Waals surface area contributed by atoms with Crippen molar-refractivity contribution < 1.29 is 10.0 Å². The van der Waals surface area contributed by atoms with Gasteiger partial charge in [-0.3, -0.25) is 0 Å². The van der Waals surface area contributed by atoms with Crippen molar-refractivity contribution in [2.75, 3.05) is 0 Å². The summed E-state index contributed by atoms with van der Waals surface area (Å²) in [7, 11) is -1.56. The number of nitrogens with zero attached hydrogens (tertiary/aromatic N) is 1. The molecule has 2 N–H and O–H groups in total. The molecule has 0 saturated heterocycles. The molecule has 5 aromatic rings. The molecule has 0 bridgehead atoms. The van der Waals surface area contributed by atoms with E-state index in [2.05, 4.69) is 42.5 Å². The van der Waals surface area contributed by atoms with E-state index in [1.54, 1.807) is 6.07 Å². The van der Waals surface area contributed by atoms with Gasteiger partial charge >= 0.3 is 7.12 Å².